The van der Waals surface area contributed by atoms with Crippen molar-refractivity contribution in [2.45, 2.75) is 0 Å². The van der Waals surface area contributed by atoms with Crippen molar-refractivity contribution in [3.63, 3.8) is 0 Å². The molecule has 136 valence electrons. The molecule has 3 aromatic rings. The van der Waals surface area contributed by atoms with Crippen molar-refractivity contribution in [3.8, 4) is 5.88 Å². The molecule has 2 heterocycles. The summed E-state index contributed by atoms with van der Waals surface area (Å²) in [6, 6.07) is 13.8. The van der Waals surface area contributed by atoms with Crippen LogP contribution in [0.25, 0.3) is 16.8 Å². The zero-order valence-corrected chi connectivity index (χ0v) is 15.9. The molecule has 0 saturated heterocycles. The maximum absolute atomic E-state index is 12.3. The van der Waals surface area contributed by atoms with Gasteiger partial charge in [-0.3, -0.25) is 0 Å². The number of hydrogen-bond acceptors (Lipinski definition) is 7. The number of carbonyl (C=O) groups excluding carboxylic acids is 1. The van der Waals surface area contributed by atoms with Crippen LogP contribution in [0.5, 0.6) is 5.88 Å². The minimum absolute atomic E-state index is 0.227. The van der Waals surface area contributed by atoms with E-state index in [0.717, 1.165) is 26.3 Å². The second kappa shape index (κ2) is 6.85. The van der Waals surface area contributed by atoms with E-state index in [1.165, 1.54) is 11.3 Å². The Hall–Kier alpha value is -3.19. The number of benzene rings is 2. The third kappa shape index (κ3) is 3.29. The summed E-state index contributed by atoms with van der Waals surface area (Å²) in [5.74, 6) is 0.270. The number of aromatic nitrogens is 1. The Bertz CT molecular complexity index is 1100. The fourth-order valence-electron chi connectivity index (χ4n) is 2.71. The fourth-order valence-corrected chi connectivity index (χ4v) is 3.61. The summed E-state index contributed by atoms with van der Waals surface area (Å²) in [7, 11) is 5.34. The highest BCUT2D eigenvalue weighted by Gasteiger charge is 2.25. The molecular weight excluding hydrogens is 362 g/mol. The van der Waals surface area contributed by atoms with Gasteiger partial charge < -0.3 is 14.4 Å². The molecule has 0 N–H and O–H groups in total. The van der Waals surface area contributed by atoms with Gasteiger partial charge in [-0.05, 0) is 29.0 Å². The number of ether oxygens (including phenoxy) is 2. The third-order valence-electron chi connectivity index (χ3n) is 4.07. The molecule has 0 saturated carbocycles. The number of anilines is 1. The van der Waals surface area contributed by atoms with Crippen LogP contribution in [0, 0.1) is 0 Å². The molecule has 7 heteroatoms. The lowest BCUT2D eigenvalue weighted by molar-refractivity contribution is -0.129. The molecule has 2 aromatic carbocycles. The lowest BCUT2D eigenvalue weighted by atomic mass is 10.1. The van der Waals surface area contributed by atoms with Crippen LogP contribution in [0.3, 0.4) is 0 Å². The molecule has 0 atom stereocenters. The lowest BCUT2D eigenvalue weighted by Gasteiger charge is -2.04. The summed E-state index contributed by atoms with van der Waals surface area (Å²) in [4.78, 5) is 23.7. The Morgan fingerprint density at radius 1 is 1.15 bits per heavy atom. The minimum atomic E-state index is -0.486. The van der Waals surface area contributed by atoms with Crippen LogP contribution in [0.2, 0.25) is 0 Å². The Morgan fingerprint density at radius 3 is 2.67 bits per heavy atom. The van der Waals surface area contributed by atoms with E-state index >= 15 is 0 Å². The highest BCUT2D eigenvalue weighted by Crippen LogP contribution is 2.33. The van der Waals surface area contributed by atoms with Gasteiger partial charge in [-0.15, -0.1) is 0 Å². The van der Waals surface area contributed by atoms with E-state index in [0.29, 0.717) is 11.8 Å². The number of aliphatic imine (C=N–C) groups is 1. The number of nitrogens with zero attached hydrogens (tertiary/aromatic N) is 3. The SMILES string of the molecule is COc1nc(N(C)C)sc1C=C1N=C(c2ccc3ccccc3c2)OC1=O. The molecule has 6 nitrogen and oxygen atoms in total. The quantitative estimate of drug-likeness (QED) is 0.511. The highest BCUT2D eigenvalue weighted by molar-refractivity contribution is 7.16. The van der Waals surface area contributed by atoms with E-state index < -0.39 is 5.97 Å². The Kier molecular flexibility index (Phi) is 4.37. The van der Waals surface area contributed by atoms with Gasteiger partial charge in [-0.2, -0.15) is 4.98 Å². The van der Waals surface area contributed by atoms with Crippen LogP contribution in [0.4, 0.5) is 5.13 Å². The van der Waals surface area contributed by atoms with E-state index in [1.54, 1.807) is 13.2 Å². The molecule has 0 amide bonds. The summed E-state index contributed by atoms with van der Waals surface area (Å²) in [5, 5.41) is 2.96. The zero-order chi connectivity index (χ0) is 19.0. The molecule has 1 aliphatic heterocycles. The summed E-state index contributed by atoms with van der Waals surface area (Å²) in [6.45, 7) is 0. The van der Waals surface area contributed by atoms with Crippen LogP contribution in [-0.4, -0.2) is 38.1 Å². The van der Waals surface area contributed by atoms with E-state index in [-0.39, 0.29) is 5.70 Å². The molecule has 4 rings (SSSR count). The zero-order valence-electron chi connectivity index (χ0n) is 15.1. The first-order chi connectivity index (χ1) is 13.0. The topological polar surface area (TPSA) is 64.0 Å². The molecule has 0 radical (unpaired) electrons. The van der Waals surface area contributed by atoms with Gasteiger partial charge in [-0.25, -0.2) is 9.79 Å². The fraction of sp³-hybridized carbons (Fsp3) is 0.150. The van der Waals surface area contributed by atoms with Gasteiger partial charge in [0.1, 0.15) is 0 Å². The van der Waals surface area contributed by atoms with Gasteiger partial charge in [0.25, 0.3) is 0 Å². The predicted octanol–water partition coefficient (Wildman–Crippen LogP) is 3.72. The van der Waals surface area contributed by atoms with Crippen LogP contribution in [0.15, 0.2) is 53.2 Å². The first-order valence-electron chi connectivity index (χ1n) is 8.29. The van der Waals surface area contributed by atoms with Crippen molar-refractivity contribution in [2.75, 3.05) is 26.1 Å². The molecule has 0 unspecified atom stereocenters. The maximum atomic E-state index is 12.3. The summed E-state index contributed by atoms with van der Waals surface area (Å²) < 4.78 is 10.7. The van der Waals surface area contributed by atoms with Crippen LogP contribution >= 0.6 is 11.3 Å². The van der Waals surface area contributed by atoms with Gasteiger partial charge >= 0.3 is 5.97 Å². The van der Waals surface area contributed by atoms with Crippen LogP contribution in [0.1, 0.15) is 10.4 Å². The summed E-state index contributed by atoms with van der Waals surface area (Å²) >= 11 is 1.42. The van der Waals surface area contributed by atoms with Gasteiger partial charge in [0.2, 0.25) is 11.8 Å². The standard InChI is InChI=1S/C20H17N3O3S/c1-23(2)20-22-18(25-3)16(27-20)11-15-19(24)26-17(21-15)14-9-8-12-6-4-5-7-13(12)10-14/h4-11H,1-3H3. The summed E-state index contributed by atoms with van der Waals surface area (Å²) in [6.07, 6.45) is 1.65. The lowest BCUT2D eigenvalue weighted by Crippen LogP contribution is -2.07. The number of rotatable bonds is 4. The first-order valence-corrected chi connectivity index (χ1v) is 9.10. The average Bonchev–Trinajstić information content (AvgIpc) is 3.25. The van der Waals surface area contributed by atoms with Crippen molar-refractivity contribution in [1.29, 1.82) is 0 Å². The number of hydrogen-bond donors (Lipinski definition) is 0. The molecule has 0 aliphatic carbocycles. The average molecular weight is 379 g/mol. The van der Waals surface area contributed by atoms with E-state index in [4.69, 9.17) is 9.47 Å². The van der Waals surface area contributed by atoms with E-state index in [2.05, 4.69) is 9.98 Å². The maximum Gasteiger partial charge on any atom is 0.363 e. The van der Waals surface area contributed by atoms with Crippen molar-refractivity contribution in [2.24, 2.45) is 4.99 Å². The van der Waals surface area contributed by atoms with E-state index in [9.17, 15) is 4.79 Å². The predicted molar refractivity (Wildman–Crippen MR) is 108 cm³/mol. The van der Waals surface area contributed by atoms with Crippen molar-refractivity contribution in [3.05, 3.63) is 58.6 Å². The molecule has 1 aromatic heterocycles. The Labute approximate surface area is 160 Å². The molecule has 1 aliphatic rings. The van der Waals surface area contributed by atoms with Gasteiger partial charge in [-0.1, -0.05) is 41.7 Å². The molecule has 0 fully saturated rings. The number of carbonyl (C=O) groups is 1. The Morgan fingerprint density at radius 2 is 1.93 bits per heavy atom. The van der Waals surface area contributed by atoms with Crippen molar-refractivity contribution in [1.82, 2.24) is 4.98 Å². The number of thiazole rings is 1. The molecule has 0 bridgehead atoms. The normalized spacial score (nSPS) is 15.1. The second-order valence-electron chi connectivity index (χ2n) is 6.16. The second-order valence-corrected chi connectivity index (χ2v) is 7.17. The van der Waals surface area contributed by atoms with Crippen LogP contribution in [-0.2, 0) is 9.53 Å². The van der Waals surface area contributed by atoms with Gasteiger partial charge in [0, 0.05) is 19.7 Å². The molecule has 0 spiro atoms. The van der Waals surface area contributed by atoms with Crippen molar-refractivity contribution < 1.29 is 14.3 Å². The van der Waals surface area contributed by atoms with Gasteiger partial charge in [0.05, 0.1) is 12.0 Å². The first kappa shape index (κ1) is 17.2. The number of cyclic esters (lactones) is 1. The smallest absolute Gasteiger partial charge is 0.363 e. The Balaban J connectivity index is 1.71. The number of fused-ring (bicyclic) bond motifs is 1. The van der Waals surface area contributed by atoms with E-state index in [1.807, 2.05) is 61.5 Å². The summed E-state index contributed by atoms with van der Waals surface area (Å²) in [5.41, 5.74) is 0.987. The molecule has 27 heavy (non-hydrogen) atoms. The largest absolute Gasteiger partial charge is 0.480 e. The highest BCUT2D eigenvalue weighted by atomic mass is 32.1. The monoisotopic (exact) mass is 379 g/mol. The van der Waals surface area contributed by atoms with Crippen LogP contribution < -0.4 is 9.64 Å². The third-order valence-corrected chi connectivity index (χ3v) is 5.22. The number of esters is 1. The van der Waals surface area contributed by atoms with Gasteiger partial charge in [0.15, 0.2) is 10.8 Å². The van der Waals surface area contributed by atoms with Crippen molar-refractivity contribution >= 4 is 45.2 Å². The molecular formula is C20H17N3O3S. The number of methoxy groups -OCH3 is 1. The minimum Gasteiger partial charge on any atom is -0.480 e.